The summed E-state index contributed by atoms with van der Waals surface area (Å²) in [5, 5.41) is 11.2. The van der Waals surface area contributed by atoms with E-state index in [0.29, 0.717) is 10.9 Å². The SMILES string of the molecule is CCN(C)CC1CCN(c2ccc([N+](=O)[O-])cc2Cl)C1. The van der Waals surface area contributed by atoms with Crippen LogP contribution in [0.2, 0.25) is 5.02 Å². The molecule has 1 aliphatic heterocycles. The van der Waals surface area contributed by atoms with E-state index in [4.69, 9.17) is 11.6 Å². The largest absolute Gasteiger partial charge is 0.370 e. The molecular weight excluding hydrogens is 278 g/mol. The van der Waals surface area contributed by atoms with E-state index in [0.717, 1.165) is 38.3 Å². The lowest BCUT2D eigenvalue weighted by Crippen LogP contribution is -2.28. The van der Waals surface area contributed by atoms with Crippen LogP contribution in [0.1, 0.15) is 13.3 Å². The summed E-state index contributed by atoms with van der Waals surface area (Å²) in [4.78, 5) is 14.8. The van der Waals surface area contributed by atoms with Crippen LogP contribution in [0.5, 0.6) is 0 Å². The Bertz CT molecular complexity index is 495. The molecule has 1 fully saturated rings. The Morgan fingerprint density at radius 2 is 2.30 bits per heavy atom. The Labute approximate surface area is 124 Å². The average molecular weight is 298 g/mol. The minimum atomic E-state index is -0.418. The van der Waals surface area contributed by atoms with Crippen LogP contribution in [0.15, 0.2) is 18.2 Å². The second-order valence-corrected chi connectivity index (χ2v) is 5.76. The first-order valence-electron chi connectivity index (χ1n) is 6.88. The maximum absolute atomic E-state index is 10.7. The number of nitro benzene ring substituents is 1. The zero-order valence-electron chi connectivity index (χ0n) is 11.9. The van der Waals surface area contributed by atoms with Crippen molar-refractivity contribution in [1.29, 1.82) is 0 Å². The standard InChI is InChI=1S/C14H20ClN3O2/c1-3-16(2)9-11-6-7-17(10-11)14-5-4-12(18(19)20)8-13(14)15/h4-5,8,11H,3,6-7,9-10H2,1-2H3. The average Bonchev–Trinajstić information content (AvgIpc) is 2.86. The fourth-order valence-electron chi connectivity index (χ4n) is 2.64. The summed E-state index contributed by atoms with van der Waals surface area (Å²) < 4.78 is 0. The van der Waals surface area contributed by atoms with E-state index in [1.165, 1.54) is 12.1 Å². The van der Waals surface area contributed by atoms with Crippen molar-refractivity contribution in [2.75, 3.05) is 38.1 Å². The van der Waals surface area contributed by atoms with Crippen molar-refractivity contribution < 1.29 is 4.92 Å². The van der Waals surface area contributed by atoms with Gasteiger partial charge in [0.1, 0.15) is 0 Å². The normalized spacial score (nSPS) is 18.8. The summed E-state index contributed by atoms with van der Waals surface area (Å²) in [5.74, 6) is 0.631. The highest BCUT2D eigenvalue weighted by molar-refractivity contribution is 6.33. The number of non-ortho nitro benzene ring substituents is 1. The molecule has 0 amide bonds. The van der Waals surface area contributed by atoms with Crippen LogP contribution >= 0.6 is 11.6 Å². The van der Waals surface area contributed by atoms with Crippen molar-refractivity contribution in [1.82, 2.24) is 4.90 Å². The number of hydrogen-bond donors (Lipinski definition) is 0. The highest BCUT2D eigenvalue weighted by atomic mass is 35.5. The van der Waals surface area contributed by atoms with E-state index in [2.05, 4.69) is 23.8 Å². The van der Waals surface area contributed by atoms with E-state index in [9.17, 15) is 10.1 Å². The van der Waals surface area contributed by atoms with E-state index >= 15 is 0 Å². The van der Waals surface area contributed by atoms with Crippen LogP contribution in [0.25, 0.3) is 0 Å². The molecule has 0 aromatic heterocycles. The number of anilines is 1. The Balaban J connectivity index is 2.05. The summed E-state index contributed by atoms with van der Waals surface area (Å²) in [5.41, 5.74) is 0.944. The molecule has 2 rings (SSSR count). The molecule has 1 unspecified atom stereocenters. The summed E-state index contributed by atoms with van der Waals surface area (Å²) >= 11 is 6.18. The van der Waals surface area contributed by atoms with Gasteiger partial charge in [0.25, 0.3) is 5.69 Å². The van der Waals surface area contributed by atoms with Crippen molar-refractivity contribution in [2.24, 2.45) is 5.92 Å². The molecule has 5 nitrogen and oxygen atoms in total. The van der Waals surface area contributed by atoms with Gasteiger partial charge in [-0.1, -0.05) is 18.5 Å². The van der Waals surface area contributed by atoms with Crippen molar-refractivity contribution in [3.63, 3.8) is 0 Å². The van der Waals surface area contributed by atoms with Crippen molar-refractivity contribution in [3.8, 4) is 0 Å². The minimum absolute atomic E-state index is 0.0419. The van der Waals surface area contributed by atoms with Gasteiger partial charge in [0.2, 0.25) is 0 Å². The van der Waals surface area contributed by atoms with E-state index in [1.807, 2.05) is 0 Å². The second kappa shape index (κ2) is 6.41. The lowest BCUT2D eigenvalue weighted by Gasteiger charge is -2.22. The molecule has 1 aliphatic rings. The molecule has 1 aromatic carbocycles. The predicted molar refractivity (Wildman–Crippen MR) is 81.6 cm³/mol. The van der Waals surface area contributed by atoms with Gasteiger partial charge in [-0.25, -0.2) is 0 Å². The number of nitro groups is 1. The lowest BCUT2D eigenvalue weighted by molar-refractivity contribution is -0.384. The van der Waals surface area contributed by atoms with Crippen LogP contribution in [0.3, 0.4) is 0 Å². The van der Waals surface area contributed by atoms with Gasteiger partial charge in [-0.2, -0.15) is 0 Å². The molecule has 1 heterocycles. The van der Waals surface area contributed by atoms with Crippen LogP contribution < -0.4 is 4.90 Å². The van der Waals surface area contributed by atoms with Gasteiger partial charge in [0.15, 0.2) is 0 Å². The molecule has 1 saturated heterocycles. The number of nitrogens with zero attached hydrogens (tertiary/aromatic N) is 3. The van der Waals surface area contributed by atoms with Crippen LogP contribution in [0, 0.1) is 16.0 Å². The fourth-order valence-corrected chi connectivity index (χ4v) is 2.93. The third-order valence-corrected chi connectivity index (χ3v) is 4.18. The molecule has 6 heteroatoms. The summed E-state index contributed by atoms with van der Waals surface area (Å²) in [7, 11) is 2.13. The Morgan fingerprint density at radius 1 is 1.55 bits per heavy atom. The minimum Gasteiger partial charge on any atom is -0.370 e. The first kappa shape index (κ1) is 15.1. The number of rotatable bonds is 5. The molecule has 1 aromatic rings. The highest BCUT2D eigenvalue weighted by Gasteiger charge is 2.25. The molecule has 0 spiro atoms. The molecule has 0 saturated carbocycles. The van der Waals surface area contributed by atoms with Gasteiger partial charge in [0, 0.05) is 31.8 Å². The molecule has 1 atom stereocenters. The van der Waals surface area contributed by atoms with Crippen LogP contribution in [0.4, 0.5) is 11.4 Å². The zero-order chi connectivity index (χ0) is 14.7. The highest BCUT2D eigenvalue weighted by Crippen LogP contribution is 2.33. The Hall–Kier alpha value is -1.33. The van der Waals surface area contributed by atoms with E-state index in [1.54, 1.807) is 6.07 Å². The monoisotopic (exact) mass is 297 g/mol. The van der Waals surface area contributed by atoms with Gasteiger partial charge in [-0.3, -0.25) is 10.1 Å². The van der Waals surface area contributed by atoms with Gasteiger partial charge in [-0.15, -0.1) is 0 Å². The number of benzene rings is 1. The number of hydrogen-bond acceptors (Lipinski definition) is 4. The van der Waals surface area contributed by atoms with E-state index in [-0.39, 0.29) is 5.69 Å². The molecule has 0 bridgehead atoms. The Morgan fingerprint density at radius 3 is 2.90 bits per heavy atom. The van der Waals surface area contributed by atoms with Crippen LogP contribution in [-0.2, 0) is 0 Å². The Kier molecular flexibility index (Phi) is 4.83. The number of halogens is 1. The predicted octanol–water partition coefficient (Wildman–Crippen LogP) is 3.03. The maximum Gasteiger partial charge on any atom is 0.271 e. The maximum atomic E-state index is 10.7. The summed E-state index contributed by atoms with van der Waals surface area (Å²) in [6.45, 7) is 6.20. The van der Waals surface area contributed by atoms with Gasteiger partial charge >= 0.3 is 0 Å². The molecule has 0 N–H and O–H groups in total. The molecule has 110 valence electrons. The molecule has 0 aliphatic carbocycles. The third-order valence-electron chi connectivity index (χ3n) is 3.88. The van der Waals surface area contributed by atoms with Crippen molar-refractivity contribution in [3.05, 3.63) is 33.3 Å². The smallest absolute Gasteiger partial charge is 0.271 e. The fraction of sp³-hybridized carbons (Fsp3) is 0.571. The molecule has 20 heavy (non-hydrogen) atoms. The summed E-state index contributed by atoms with van der Waals surface area (Å²) in [6.07, 6.45) is 1.14. The van der Waals surface area contributed by atoms with Gasteiger partial charge in [-0.05, 0) is 32.0 Å². The van der Waals surface area contributed by atoms with Crippen molar-refractivity contribution in [2.45, 2.75) is 13.3 Å². The zero-order valence-corrected chi connectivity index (χ0v) is 12.6. The first-order chi connectivity index (χ1) is 9.51. The lowest BCUT2D eigenvalue weighted by atomic mass is 10.1. The topological polar surface area (TPSA) is 49.6 Å². The second-order valence-electron chi connectivity index (χ2n) is 5.35. The third kappa shape index (κ3) is 3.41. The first-order valence-corrected chi connectivity index (χ1v) is 7.26. The van der Waals surface area contributed by atoms with Gasteiger partial charge in [0.05, 0.1) is 15.6 Å². The molecular formula is C14H20ClN3O2. The van der Waals surface area contributed by atoms with Crippen LogP contribution in [-0.4, -0.2) is 43.0 Å². The van der Waals surface area contributed by atoms with Gasteiger partial charge < -0.3 is 9.80 Å². The summed E-state index contributed by atoms with van der Waals surface area (Å²) in [6, 6.07) is 4.71. The quantitative estimate of drug-likeness (QED) is 0.619. The van der Waals surface area contributed by atoms with E-state index < -0.39 is 4.92 Å². The van der Waals surface area contributed by atoms with Crippen molar-refractivity contribution >= 4 is 23.0 Å². The molecule has 0 radical (unpaired) electrons.